The van der Waals surface area contributed by atoms with Gasteiger partial charge in [-0.3, -0.25) is 19.1 Å². The van der Waals surface area contributed by atoms with E-state index in [9.17, 15) is 27.6 Å². The molecule has 1 saturated heterocycles. The standard InChI is InChI=1S/C36H52N8O7S/c1-7-24-19-36(24,32(47)41-52(49,50)26-14-15-26)38-30(45)27-18-25-20-43(27)31(46)28(34(2,3)4)37-33(48)51-21-35(5,6)16-9-8-11-22-12-10-13-23(17-22)29-39-42-44(25)40-29/h10,12-13,17,24-28H,7-9,11,14-16,18-21H2,1-6H3,(H,37,48)(H,38,45)(H,41,47)/t24-,25-,27+,28-,36-/m1/s1. The highest BCUT2D eigenvalue weighted by atomic mass is 32.2. The number of benzene rings is 1. The highest BCUT2D eigenvalue weighted by molar-refractivity contribution is 7.91. The lowest BCUT2D eigenvalue weighted by Gasteiger charge is -2.35. The summed E-state index contributed by atoms with van der Waals surface area (Å²) in [5.74, 6) is -1.74. The van der Waals surface area contributed by atoms with E-state index in [0.717, 1.165) is 36.8 Å². The van der Waals surface area contributed by atoms with Gasteiger partial charge >= 0.3 is 6.09 Å². The van der Waals surface area contributed by atoms with Crippen LogP contribution in [0.3, 0.4) is 0 Å². The van der Waals surface area contributed by atoms with Gasteiger partial charge in [-0.05, 0) is 72.1 Å². The van der Waals surface area contributed by atoms with Crippen molar-refractivity contribution in [1.29, 1.82) is 0 Å². The third-order valence-electron chi connectivity index (χ3n) is 10.9. The van der Waals surface area contributed by atoms with Crippen LogP contribution >= 0.6 is 0 Å². The maximum absolute atomic E-state index is 14.6. The summed E-state index contributed by atoms with van der Waals surface area (Å²) in [5, 5.41) is 18.4. The average molecular weight is 741 g/mol. The molecule has 3 fully saturated rings. The Labute approximate surface area is 305 Å². The van der Waals surface area contributed by atoms with Gasteiger partial charge in [0.1, 0.15) is 17.6 Å². The summed E-state index contributed by atoms with van der Waals surface area (Å²) in [5.41, 5.74) is -0.572. The Morgan fingerprint density at radius 3 is 2.56 bits per heavy atom. The predicted octanol–water partition coefficient (Wildman–Crippen LogP) is 3.27. The van der Waals surface area contributed by atoms with Crippen LogP contribution in [0.25, 0.3) is 11.4 Å². The average Bonchev–Trinajstić information content (AvgIpc) is 3.96. The molecule has 0 radical (unpaired) electrons. The van der Waals surface area contributed by atoms with Gasteiger partial charge in [0.15, 0.2) is 0 Å². The van der Waals surface area contributed by atoms with Gasteiger partial charge in [0.2, 0.25) is 27.7 Å². The van der Waals surface area contributed by atoms with Gasteiger partial charge in [0.05, 0.1) is 17.9 Å². The van der Waals surface area contributed by atoms with Gasteiger partial charge in [-0.2, -0.15) is 4.80 Å². The molecule has 284 valence electrons. The van der Waals surface area contributed by atoms with Crippen LogP contribution in [0.5, 0.6) is 0 Å². The van der Waals surface area contributed by atoms with Crippen LogP contribution in [0, 0.1) is 16.7 Å². The van der Waals surface area contributed by atoms with Crippen molar-refractivity contribution < 1.29 is 32.3 Å². The van der Waals surface area contributed by atoms with E-state index >= 15 is 0 Å². The van der Waals surface area contributed by atoms with Crippen LogP contribution in [0.4, 0.5) is 4.79 Å². The maximum atomic E-state index is 14.6. The van der Waals surface area contributed by atoms with Gasteiger partial charge in [-0.1, -0.05) is 72.6 Å². The zero-order chi connectivity index (χ0) is 37.6. The molecule has 2 saturated carbocycles. The number of fused-ring (bicyclic) bond motifs is 8. The molecule has 4 amide bonds. The molecule has 2 aliphatic carbocycles. The number of sulfonamides is 1. The van der Waals surface area contributed by atoms with Crippen molar-refractivity contribution in [3.8, 4) is 11.4 Å². The summed E-state index contributed by atoms with van der Waals surface area (Å²) in [7, 11) is -3.86. The number of nitrogens with zero attached hydrogens (tertiary/aromatic N) is 5. The van der Waals surface area contributed by atoms with Crippen molar-refractivity contribution in [2.24, 2.45) is 16.7 Å². The molecule has 2 aromatic rings. The zero-order valence-corrected chi connectivity index (χ0v) is 31.8. The van der Waals surface area contributed by atoms with Gasteiger partial charge in [-0.25, -0.2) is 13.2 Å². The Bertz CT molecular complexity index is 1820. The van der Waals surface area contributed by atoms with Gasteiger partial charge < -0.3 is 20.3 Å². The fourth-order valence-corrected chi connectivity index (χ4v) is 8.73. The molecule has 1 aromatic heterocycles. The Morgan fingerprint density at radius 1 is 1.13 bits per heavy atom. The first kappa shape index (κ1) is 37.7. The van der Waals surface area contributed by atoms with Crippen LogP contribution in [0.2, 0.25) is 0 Å². The third-order valence-corrected chi connectivity index (χ3v) is 12.7. The lowest BCUT2D eigenvalue weighted by atomic mass is 9.85. The SMILES string of the molecule is CC[C@@H]1C[C@]1(NC(=O)[C@@H]1C[C@@H]2CN1C(=O)[C@H](C(C)(C)C)NC(=O)OCC(C)(C)CCCCc1cccc(c1)-c1nnn2n1)C(=O)NS(=O)(=O)C1CC1. The van der Waals surface area contributed by atoms with E-state index in [2.05, 4.69) is 36.8 Å². The largest absolute Gasteiger partial charge is 0.449 e. The molecule has 0 unspecified atom stereocenters. The van der Waals surface area contributed by atoms with E-state index in [-0.39, 0.29) is 37.3 Å². The van der Waals surface area contributed by atoms with E-state index in [0.29, 0.717) is 25.1 Å². The fraction of sp³-hybridized carbons (Fsp3) is 0.694. The number of nitrogens with one attached hydrogen (secondary N) is 3. The summed E-state index contributed by atoms with van der Waals surface area (Å²) in [4.78, 5) is 58.4. The zero-order valence-electron chi connectivity index (χ0n) is 31.0. The lowest BCUT2D eigenvalue weighted by molar-refractivity contribution is -0.142. The van der Waals surface area contributed by atoms with Crippen LogP contribution in [0.15, 0.2) is 24.3 Å². The molecule has 0 spiro atoms. The molecular weight excluding hydrogens is 689 g/mol. The molecule has 6 rings (SSSR count). The first-order valence-electron chi connectivity index (χ1n) is 18.4. The summed E-state index contributed by atoms with van der Waals surface area (Å²) < 4.78 is 33.3. The summed E-state index contributed by atoms with van der Waals surface area (Å²) in [6.45, 7) is 11.6. The minimum Gasteiger partial charge on any atom is -0.449 e. The van der Waals surface area contributed by atoms with Crippen LogP contribution in [-0.2, 0) is 35.6 Å². The molecule has 6 bridgehead atoms. The predicted molar refractivity (Wildman–Crippen MR) is 191 cm³/mol. The molecule has 4 aliphatic rings. The Kier molecular flexibility index (Phi) is 10.2. The molecule has 16 heteroatoms. The van der Waals surface area contributed by atoms with Crippen LogP contribution in [0.1, 0.15) is 105 Å². The van der Waals surface area contributed by atoms with Crippen molar-refractivity contribution in [2.75, 3.05) is 13.2 Å². The topological polar surface area (TPSA) is 195 Å². The Balaban J connectivity index is 1.32. The monoisotopic (exact) mass is 740 g/mol. The first-order chi connectivity index (χ1) is 24.4. The molecule has 2 aliphatic heterocycles. The summed E-state index contributed by atoms with van der Waals surface area (Å²) in [6.07, 6.45) is 4.69. The number of amides is 4. The number of carbonyl (C=O) groups is 4. The molecule has 1 aromatic carbocycles. The number of cyclic esters (lactones) is 1. The fourth-order valence-electron chi connectivity index (χ4n) is 7.37. The number of hydrogen-bond acceptors (Lipinski definition) is 10. The van der Waals surface area contributed by atoms with Crippen molar-refractivity contribution in [3.05, 3.63) is 29.8 Å². The second kappa shape index (κ2) is 14.0. The van der Waals surface area contributed by atoms with Gasteiger partial charge in [0.25, 0.3) is 5.91 Å². The van der Waals surface area contributed by atoms with Crippen molar-refractivity contribution in [1.82, 2.24) is 40.5 Å². The Morgan fingerprint density at radius 2 is 1.88 bits per heavy atom. The van der Waals surface area contributed by atoms with E-state index in [1.165, 1.54) is 9.70 Å². The molecule has 52 heavy (non-hydrogen) atoms. The molecule has 3 heterocycles. The minimum atomic E-state index is -3.86. The second-order valence-electron chi connectivity index (χ2n) is 16.9. The minimum absolute atomic E-state index is 0.0234. The summed E-state index contributed by atoms with van der Waals surface area (Å²) >= 11 is 0. The van der Waals surface area contributed by atoms with E-state index in [4.69, 9.17) is 4.74 Å². The number of hydrogen-bond donors (Lipinski definition) is 3. The van der Waals surface area contributed by atoms with E-state index in [1.807, 2.05) is 59.7 Å². The first-order valence-corrected chi connectivity index (χ1v) is 20.0. The number of ether oxygens (including phenoxy) is 1. The van der Waals surface area contributed by atoms with Gasteiger partial charge in [-0.15, -0.1) is 10.2 Å². The van der Waals surface area contributed by atoms with Crippen molar-refractivity contribution in [3.63, 3.8) is 0 Å². The quantitative estimate of drug-likeness (QED) is 0.396. The number of alkyl carbamates (subject to hydrolysis) is 1. The highest BCUT2D eigenvalue weighted by Crippen LogP contribution is 2.47. The number of carbonyl (C=O) groups excluding carboxylic acids is 4. The molecule has 3 N–H and O–H groups in total. The molecule has 15 nitrogen and oxygen atoms in total. The number of rotatable bonds is 6. The van der Waals surface area contributed by atoms with Crippen molar-refractivity contribution in [2.45, 2.75) is 128 Å². The highest BCUT2D eigenvalue weighted by Gasteiger charge is 2.62. The van der Waals surface area contributed by atoms with Crippen molar-refractivity contribution >= 4 is 33.8 Å². The van der Waals surface area contributed by atoms with Crippen LogP contribution < -0.4 is 15.4 Å². The number of aromatic nitrogens is 4. The third kappa shape index (κ3) is 8.11. The number of aryl methyl sites for hydroxylation is 1. The molecule has 5 atom stereocenters. The Hall–Kier alpha value is -4.08. The lowest BCUT2D eigenvalue weighted by Crippen LogP contribution is -2.60. The summed E-state index contributed by atoms with van der Waals surface area (Å²) in [6, 6.07) is 5.25. The normalized spacial score (nSPS) is 28.3. The van der Waals surface area contributed by atoms with Crippen LogP contribution in [-0.4, -0.2) is 93.4 Å². The second-order valence-corrected chi connectivity index (χ2v) is 18.8. The maximum Gasteiger partial charge on any atom is 0.407 e. The van der Waals surface area contributed by atoms with E-state index in [1.54, 1.807) is 0 Å². The smallest absolute Gasteiger partial charge is 0.407 e. The van der Waals surface area contributed by atoms with Gasteiger partial charge in [0, 0.05) is 18.5 Å². The van der Waals surface area contributed by atoms with E-state index < -0.39 is 68.2 Å². The number of tetrazole rings is 1. The molecular formula is C36H52N8O7S.